The second kappa shape index (κ2) is 14.5. The lowest BCUT2D eigenvalue weighted by Crippen LogP contribution is -2.46. The van der Waals surface area contributed by atoms with E-state index in [4.69, 9.17) is 0 Å². The molecule has 6 nitrogen and oxygen atoms in total. The highest BCUT2D eigenvalue weighted by molar-refractivity contribution is 7.71. The van der Waals surface area contributed by atoms with Crippen LogP contribution >= 0.6 is 18.5 Å². The fraction of sp³-hybridized carbons (Fsp3) is 0.515. The molecule has 1 aromatic heterocycles. The number of hydrogen-bond acceptors (Lipinski definition) is 7. The van der Waals surface area contributed by atoms with Crippen LogP contribution in [0.4, 0.5) is 42.1 Å². The molecule has 48 heavy (non-hydrogen) atoms. The van der Waals surface area contributed by atoms with Crippen molar-refractivity contribution in [3.05, 3.63) is 46.8 Å². The van der Waals surface area contributed by atoms with Gasteiger partial charge in [-0.05, 0) is 75.6 Å². The summed E-state index contributed by atoms with van der Waals surface area (Å²) in [6, 6.07) is 8.70. The van der Waals surface area contributed by atoms with Crippen molar-refractivity contribution >= 4 is 45.2 Å². The molecule has 2 aliphatic heterocycles. The molecule has 2 N–H and O–H groups in total. The number of benzene rings is 2. The quantitative estimate of drug-likeness (QED) is 0.143. The van der Waals surface area contributed by atoms with Crippen molar-refractivity contribution in [2.75, 3.05) is 63.7 Å². The van der Waals surface area contributed by atoms with Gasteiger partial charge in [0, 0.05) is 36.8 Å². The smallest absolute Gasteiger partial charge is 0.404 e. The SMILES string of the molecule is CN1CCC(Nc2cccc3c(CC(F)(F)F)c(C#CCNc4ccc(P5(=O)CCC(N(C)C)CC5)cc4OC(F)(F)F)sc23)[C@H](F)C1. The summed E-state index contributed by atoms with van der Waals surface area (Å²) in [4.78, 5) is 4.09. The number of rotatable bonds is 8. The largest absolute Gasteiger partial charge is 0.573 e. The van der Waals surface area contributed by atoms with Crippen molar-refractivity contribution in [1.29, 1.82) is 0 Å². The minimum Gasteiger partial charge on any atom is -0.404 e. The first-order valence-corrected chi connectivity index (χ1v) is 18.5. The first-order valence-electron chi connectivity index (χ1n) is 15.6. The van der Waals surface area contributed by atoms with Gasteiger partial charge in [0.1, 0.15) is 13.3 Å². The molecule has 0 spiro atoms. The third kappa shape index (κ3) is 8.97. The molecule has 2 aromatic carbocycles. The lowest BCUT2D eigenvalue weighted by atomic mass is 10.0. The van der Waals surface area contributed by atoms with Crippen LogP contribution in [0.1, 0.15) is 29.7 Å². The van der Waals surface area contributed by atoms with Gasteiger partial charge >= 0.3 is 12.5 Å². The Morgan fingerprint density at radius 1 is 1.06 bits per heavy atom. The molecule has 1 unspecified atom stereocenters. The van der Waals surface area contributed by atoms with Crippen molar-refractivity contribution in [3.63, 3.8) is 0 Å². The Balaban J connectivity index is 1.38. The van der Waals surface area contributed by atoms with Crippen LogP contribution in [0.2, 0.25) is 0 Å². The molecule has 2 aliphatic rings. The number of piperidine rings is 1. The van der Waals surface area contributed by atoms with E-state index in [9.17, 15) is 35.3 Å². The number of halogens is 7. The van der Waals surface area contributed by atoms with E-state index in [2.05, 4.69) is 27.2 Å². The second-order valence-electron chi connectivity index (χ2n) is 12.6. The number of fused-ring (bicyclic) bond motifs is 1. The molecule has 15 heteroatoms. The van der Waals surface area contributed by atoms with Crippen LogP contribution in [0.5, 0.6) is 5.75 Å². The Morgan fingerprint density at radius 3 is 2.44 bits per heavy atom. The van der Waals surface area contributed by atoms with E-state index in [0.717, 1.165) is 17.4 Å². The zero-order valence-corrected chi connectivity index (χ0v) is 28.5. The highest BCUT2D eigenvalue weighted by atomic mass is 32.1. The van der Waals surface area contributed by atoms with Crippen LogP contribution in [0.25, 0.3) is 10.1 Å². The van der Waals surface area contributed by atoms with E-state index in [1.807, 2.05) is 30.9 Å². The maximum absolute atomic E-state index is 14.8. The van der Waals surface area contributed by atoms with Crippen molar-refractivity contribution in [3.8, 4) is 17.6 Å². The third-order valence-electron chi connectivity index (χ3n) is 8.89. The number of anilines is 2. The van der Waals surface area contributed by atoms with Crippen LogP contribution in [0, 0.1) is 11.8 Å². The summed E-state index contributed by atoms with van der Waals surface area (Å²) in [6.07, 6.45) is -9.32. The van der Waals surface area contributed by atoms with E-state index in [1.165, 1.54) is 12.1 Å². The number of alkyl halides is 7. The van der Waals surface area contributed by atoms with Gasteiger partial charge in [-0.3, -0.25) is 0 Å². The van der Waals surface area contributed by atoms with Gasteiger partial charge in [0.25, 0.3) is 0 Å². The van der Waals surface area contributed by atoms with Gasteiger partial charge in [-0.25, -0.2) is 4.39 Å². The number of thiophene rings is 1. The monoisotopic (exact) mass is 718 g/mol. The van der Waals surface area contributed by atoms with Crippen LogP contribution in [0.15, 0.2) is 36.4 Å². The Labute approximate surface area is 279 Å². The third-order valence-corrected chi connectivity index (χ3v) is 13.3. The average molecular weight is 719 g/mol. The zero-order chi connectivity index (χ0) is 34.9. The lowest BCUT2D eigenvalue weighted by molar-refractivity contribution is -0.274. The van der Waals surface area contributed by atoms with Crippen LogP contribution < -0.4 is 20.7 Å². The Kier molecular flexibility index (Phi) is 10.9. The molecule has 3 heterocycles. The Hall–Kier alpha value is -2.98. The second-order valence-corrected chi connectivity index (χ2v) is 16.8. The van der Waals surface area contributed by atoms with Gasteiger partial charge in [-0.1, -0.05) is 24.0 Å². The molecular weight excluding hydrogens is 680 g/mol. The topological polar surface area (TPSA) is 56.8 Å². The van der Waals surface area contributed by atoms with Crippen LogP contribution in [-0.2, 0) is 11.0 Å². The van der Waals surface area contributed by atoms with E-state index < -0.39 is 44.1 Å². The van der Waals surface area contributed by atoms with Gasteiger partial charge in [0.05, 0.1) is 40.0 Å². The standard InChI is InChI=1S/C33H38F7N4O2PS/c1-43(2)21-12-16-47(45,17-13-21)22-9-10-27(29(18-22)46-33(38,39)40)41-14-5-8-30-24(19-32(35,36)37)23-6-4-7-28(31(23)48-30)42-26-11-15-44(3)20-25(26)34/h4,6-7,9-10,18,21,25-26,41-42H,11-17,19-20H2,1-3H3/t21?,25-,26?,47?/m1/s1. The van der Waals surface area contributed by atoms with Gasteiger partial charge in [-0.2, -0.15) is 13.2 Å². The maximum Gasteiger partial charge on any atom is 0.573 e. The van der Waals surface area contributed by atoms with Crippen molar-refractivity contribution in [2.45, 2.75) is 56.5 Å². The summed E-state index contributed by atoms with van der Waals surface area (Å²) >= 11 is 1.05. The van der Waals surface area contributed by atoms with Gasteiger partial charge in [0.15, 0.2) is 5.75 Å². The van der Waals surface area contributed by atoms with E-state index in [1.54, 1.807) is 18.2 Å². The van der Waals surface area contributed by atoms with Crippen LogP contribution in [0.3, 0.4) is 0 Å². The number of ether oxygens (including phenoxy) is 1. The first kappa shape index (κ1) is 36.3. The molecule has 0 aliphatic carbocycles. The molecule has 0 amide bonds. The maximum atomic E-state index is 14.8. The summed E-state index contributed by atoms with van der Waals surface area (Å²) in [5.74, 6) is 4.96. The number of hydrogen-bond donors (Lipinski definition) is 2. The molecule has 262 valence electrons. The zero-order valence-electron chi connectivity index (χ0n) is 26.8. The summed E-state index contributed by atoms with van der Waals surface area (Å²) in [6.45, 7) is 0.715. The molecule has 0 bridgehead atoms. The normalized spacial score (nSPS) is 23.9. The molecule has 2 saturated heterocycles. The van der Waals surface area contributed by atoms with Gasteiger partial charge in [0.2, 0.25) is 0 Å². The summed E-state index contributed by atoms with van der Waals surface area (Å²) < 4.78 is 114. The van der Waals surface area contributed by atoms with Crippen molar-refractivity contribution in [2.24, 2.45) is 0 Å². The summed E-state index contributed by atoms with van der Waals surface area (Å²) in [5, 5.41) is 6.63. The number of likely N-dealkylation sites (tertiary alicyclic amines) is 1. The van der Waals surface area contributed by atoms with Crippen LogP contribution in [-0.4, -0.2) is 93.7 Å². The Bertz CT molecular complexity index is 1700. The molecular formula is C33H38F7N4O2PS. The minimum atomic E-state index is -5.01. The average Bonchev–Trinajstić information content (AvgIpc) is 3.33. The van der Waals surface area contributed by atoms with E-state index >= 15 is 0 Å². The van der Waals surface area contributed by atoms with Crippen molar-refractivity contribution in [1.82, 2.24) is 9.80 Å². The molecule has 2 fully saturated rings. The fourth-order valence-corrected chi connectivity index (χ4v) is 10.3. The molecule has 0 radical (unpaired) electrons. The molecule has 5 rings (SSSR count). The highest BCUT2D eigenvalue weighted by Crippen LogP contribution is 2.51. The number of nitrogens with zero attached hydrogens (tertiary/aromatic N) is 2. The molecule has 0 saturated carbocycles. The first-order chi connectivity index (χ1) is 22.5. The predicted molar refractivity (Wildman–Crippen MR) is 178 cm³/mol. The summed E-state index contributed by atoms with van der Waals surface area (Å²) in [7, 11) is 2.76. The van der Waals surface area contributed by atoms with E-state index in [-0.39, 0.29) is 35.3 Å². The predicted octanol–water partition coefficient (Wildman–Crippen LogP) is 7.53. The van der Waals surface area contributed by atoms with Gasteiger partial charge < -0.3 is 29.7 Å². The summed E-state index contributed by atoms with van der Waals surface area (Å²) in [5.41, 5.74) is 0.461. The molecule has 2 atom stereocenters. The fourth-order valence-electron chi connectivity index (χ4n) is 6.31. The minimum absolute atomic E-state index is 0.0158. The molecule has 3 aromatic rings. The van der Waals surface area contributed by atoms with Crippen molar-refractivity contribution < 1.29 is 40.0 Å². The van der Waals surface area contributed by atoms with E-state index in [0.29, 0.717) is 59.2 Å². The number of nitrogens with one attached hydrogen (secondary N) is 2. The highest BCUT2D eigenvalue weighted by Gasteiger charge is 2.36. The lowest BCUT2D eigenvalue weighted by Gasteiger charge is -2.33. The Morgan fingerprint density at radius 2 is 1.79 bits per heavy atom. The van der Waals surface area contributed by atoms with Gasteiger partial charge in [-0.15, -0.1) is 24.5 Å².